The first-order chi connectivity index (χ1) is 7.87. The topological polar surface area (TPSA) is 23.6 Å². The largest absolute Gasteiger partial charge is 0.401 e. The number of hydrogen-bond donors (Lipinski definition) is 0. The van der Waals surface area contributed by atoms with Gasteiger partial charge in [0.05, 0.1) is 6.54 Å². The molecule has 2 atom stereocenters. The highest BCUT2D eigenvalue weighted by atomic mass is 19.4. The minimum Gasteiger partial charge on any atom is -0.340 e. The lowest BCUT2D eigenvalue weighted by molar-refractivity contribution is -0.171. The van der Waals surface area contributed by atoms with Crippen LogP contribution in [-0.2, 0) is 4.79 Å². The second-order valence-electron chi connectivity index (χ2n) is 4.95. The van der Waals surface area contributed by atoms with Gasteiger partial charge in [-0.05, 0) is 12.8 Å². The second kappa shape index (κ2) is 4.48. The number of halogens is 3. The van der Waals surface area contributed by atoms with Crippen molar-refractivity contribution in [1.29, 1.82) is 0 Å². The summed E-state index contributed by atoms with van der Waals surface area (Å²) in [6, 6.07) is -0.235. The van der Waals surface area contributed by atoms with Gasteiger partial charge in [0.2, 0.25) is 5.91 Å². The fraction of sp³-hybridized carbons (Fsp3) is 0.909. The van der Waals surface area contributed by atoms with Gasteiger partial charge in [0, 0.05) is 32.1 Å². The molecule has 0 saturated carbocycles. The molecular weight excluding hydrogens is 233 g/mol. The number of piperazine rings is 1. The number of nitrogens with zero attached hydrogens (tertiary/aromatic N) is 2. The van der Waals surface area contributed by atoms with Crippen molar-refractivity contribution in [3.8, 4) is 0 Å². The van der Waals surface area contributed by atoms with Gasteiger partial charge >= 0.3 is 6.18 Å². The fourth-order valence-corrected chi connectivity index (χ4v) is 2.92. The van der Waals surface area contributed by atoms with Crippen LogP contribution in [0.25, 0.3) is 0 Å². The second-order valence-corrected chi connectivity index (χ2v) is 4.95. The third-order valence-electron chi connectivity index (χ3n) is 3.68. The van der Waals surface area contributed by atoms with Gasteiger partial charge in [0.1, 0.15) is 0 Å². The summed E-state index contributed by atoms with van der Waals surface area (Å²) in [7, 11) is 0. The van der Waals surface area contributed by atoms with E-state index in [9.17, 15) is 18.0 Å². The van der Waals surface area contributed by atoms with Crippen LogP contribution in [0.1, 0.15) is 26.2 Å². The molecule has 0 radical (unpaired) electrons. The summed E-state index contributed by atoms with van der Waals surface area (Å²) in [5, 5.41) is 0. The van der Waals surface area contributed by atoms with Gasteiger partial charge in [0.15, 0.2) is 0 Å². The molecule has 0 aromatic carbocycles. The van der Waals surface area contributed by atoms with Crippen LogP contribution in [0.2, 0.25) is 0 Å². The Morgan fingerprint density at radius 2 is 1.76 bits per heavy atom. The Morgan fingerprint density at radius 1 is 1.24 bits per heavy atom. The predicted octanol–water partition coefficient (Wildman–Crippen LogP) is 1.63. The maximum absolute atomic E-state index is 12.5. The Morgan fingerprint density at radius 3 is 2.18 bits per heavy atom. The van der Waals surface area contributed by atoms with Crippen molar-refractivity contribution in [2.45, 2.75) is 44.4 Å². The average molecular weight is 250 g/mol. The summed E-state index contributed by atoms with van der Waals surface area (Å²) >= 11 is 0. The zero-order valence-corrected chi connectivity index (χ0v) is 9.83. The molecule has 2 saturated heterocycles. The van der Waals surface area contributed by atoms with E-state index in [1.807, 2.05) is 0 Å². The molecule has 2 heterocycles. The first kappa shape index (κ1) is 12.7. The van der Waals surface area contributed by atoms with E-state index in [0.717, 1.165) is 19.3 Å². The lowest BCUT2D eigenvalue weighted by Crippen LogP contribution is -2.63. The van der Waals surface area contributed by atoms with E-state index in [2.05, 4.69) is 0 Å². The van der Waals surface area contributed by atoms with Gasteiger partial charge in [-0.3, -0.25) is 9.69 Å². The number of hydrogen-bond acceptors (Lipinski definition) is 2. The van der Waals surface area contributed by atoms with Gasteiger partial charge in [-0.2, -0.15) is 13.2 Å². The van der Waals surface area contributed by atoms with Crippen LogP contribution in [0.3, 0.4) is 0 Å². The van der Waals surface area contributed by atoms with Crippen LogP contribution in [0, 0.1) is 0 Å². The zero-order chi connectivity index (χ0) is 12.6. The van der Waals surface area contributed by atoms with Gasteiger partial charge < -0.3 is 4.90 Å². The fourth-order valence-electron chi connectivity index (χ4n) is 2.92. The predicted molar refractivity (Wildman–Crippen MR) is 56.4 cm³/mol. The normalized spacial score (nSPS) is 30.5. The first-order valence-electron chi connectivity index (χ1n) is 5.95. The number of carbonyl (C=O) groups is 1. The van der Waals surface area contributed by atoms with E-state index in [0.29, 0.717) is 13.1 Å². The minimum atomic E-state index is -4.15. The van der Waals surface area contributed by atoms with Crippen molar-refractivity contribution >= 4 is 5.91 Å². The maximum Gasteiger partial charge on any atom is 0.401 e. The molecule has 2 fully saturated rings. The molecule has 0 aromatic heterocycles. The number of rotatable bonds is 1. The molecule has 98 valence electrons. The molecular formula is C11H17F3N2O. The summed E-state index contributed by atoms with van der Waals surface area (Å²) in [4.78, 5) is 14.5. The Kier molecular flexibility index (Phi) is 3.34. The van der Waals surface area contributed by atoms with Crippen LogP contribution in [0.4, 0.5) is 13.2 Å². The van der Waals surface area contributed by atoms with E-state index in [-0.39, 0.29) is 18.0 Å². The lowest BCUT2D eigenvalue weighted by atomic mass is 9.91. The number of alkyl halides is 3. The molecule has 0 aliphatic carbocycles. The Bertz CT molecular complexity index is 292. The third kappa shape index (κ3) is 2.91. The number of fused-ring (bicyclic) bond motifs is 2. The molecule has 2 bridgehead atoms. The van der Waals surface area contributed by atoms with Crippen molar-refractivity contribution in [3.63, 3.8) is 0 Å². The van der Waals surface area contributed by atoms with Crippen LogP contribution >= 0.6 is 0 Å². The molecule has 0 N–H and O–H groups in total. The lowest BCUT2D eigenvalue weighted by Gasteiger charge is -2.50. The summed E-state index contributed by atoms with van der Waals surface area (Å²) in [5.74, 6) is -0.0337. The number of piperidine rings is 1. The highest BCUT2D eigenvalue weighted by Gasteiger charge is 2.43. The Balaban J connectivity index is 2.07. The van der Waals surface area contributed by atoms with Crippen LogP contribution in [-0.4, -0.2) is 53.6 Å². The van der Waals surface area contributed by atoms with Crippen molar-refractivity contribution in [2.75, 3.05) is 19.6 Å². The summed E-state index contributed by atoms with van der Waals surface area (Å²) in [6.07, 6.45) is -1.66. The van der Waals surface area contributed by atoms with E-state index in [1.165, 1.54) is 6.92 Å². The summed E-state index contributed by atoms with van der Waals surface area (Å²) in [5.41, 5.74) is 0. The van der Waals surface area contributed by atoms with Crippen molar-refractivity contribution in [1.82, 2.24) is 9.80 Å². The highest BCUT2D eigenvalue weighted by Crippen LogP contribution is 2.31. The molecule has 1 amide bonds. The SMILES string of the molecule is CC(=O)N1CC2CCCC(C1)N2CC(F)(F)F. The first-order valence-corrected chi connectivity index (χ1v) is 5.95. The number of carbonyl (C=O) groups excluding carboxylic acids is 1. The highest BCUT2D eigenvalue weighted by molar-refractivity contribution is 5.73. The van der Waals surface area contributed by atoms with Crippen LogP contribution in [0.5, 0.6) is 0 Å². The van der Waals surface area contributed by atoms with E-state index < -0.39 is 12.7 Å². The van der Waals surface area contributed by atoms with Gasteiger partial charge in [-0.15, -0.1) is 0 Å². The standard InChI is InChI=1S/C11H17F3N2O/c1-8(17)15-5-9-3-2-4-10(6-15)16(9)7-11(12,13)14/h9-10H,2-7H2,1H3. The molecule has 0 aromatic rings. The molecule has 0 spiro atoms. The molecule has 3 nitrogen and oxygen atoms in total. The van der Waals surface area contributed by atoms with Crippen molar-refractivity contribution < 1.29 is 18.0 Å². The minimum absolute atomic E-state index is 0.0337. The molecule has 2 rings (SSSR count). The zero-order valence-electron chi connectivity index (χ0n) is 9.83. The van der Waals surface area contributed by atoms with Crippen LogP contribution < -0.4 is 0 Å². The maximum atomic E-state index is 12.5. The summed E-state index contributed by atoms with van der Waals surface area (Å²) in [6.45, 7) is 1.53. The van der Waals surface area contributed by atoms with Crippen molar-refractivity contribution in [2.24, 2.45) is 0 Å². The molecule has 2 aliphatic heterocycles. The molecule has 2 aliphatic rings. The monoisotopic (exact) mass is 250 g/mol. The van der Waals surface area contributed by atoms with E-state index in [4.69, 9.17) is 0 Å². The van der Waals surface area contributed by atoms with Gasteiger partial charge in [-0.1, -0.05) is 6.42 Å². The molecule has 17 heavy (non-hydrogen) atoms. The van der Waals surface area contributed by atoms with E-state index in [1.54, 1.807) is 9.80 Å². The summed E-state index contributed by atoms with van der Waals surface area (Å²) < 4.78 is 37.4. The van der Waals surface area contributed by atoms with Gasteiger partial charge in [-0.25, -0.2) is 0 Å². The number of likely N-dealkylation sites (tertiary alicyclic amines) is 1. The smallest absolute Gasteiger partial charge is 0.340 e. The average Bonchev–Trinajstić information content (AvgIpc) is 2.13. The number of amides is 1. The van der Waals surface area contributed by atoms with Gasteiger partial charge in [0.25, 0.3) is 0 Å². The van der Waals surface area contributed by atoms with Crippen LogP contribution in [0.15, 0.2) is 0 Å². The molecule has 6 heteroatoms. The van der Waals surface area contributed by atoms with Crippen molar-refractivity contribution in [3.05, 3.63) is 0 Å². The quantitative estimate of drug-likeness (QED) is 0.706. The Hall–Kier alpha value is -0.780. The molecule has 2 unspecified atom stereocenters. The third-order valence-corrected chi connectivity index (χ3v) is 3.68. The Labute approximate surface area is 98.6 Å². The van der Waals surface area contributed by atoms with E-state index >= 15 is 0 Å².